The zero-order chi connectivity index (χ0) is 38.3. The lowest BCUT2D eigenvalue weighted by Gasteiger charge is -2.39. The molecule has 5 aliphatic heterocycles. The maximum absolute atomic E-state index is 11.9. The molecule has 52 heavy (non-hydrogen) atoms. The molecule has 5 rings (SSSR count). The summed E-state index contributed by atoms with van der Waals surface area (Å²) in [4.78, 5) is 32.0. The first-order valence-electron chi connectivity index (χ1n) is 19.8. The Morgan fingerprint density at radius 1 is 0.692 bits per heavy atom. The second-order valence-electron chi connectivity index (χ2n) is 15.3. The van der Waals surface area contributed by atoms with Gasteiger partial charge in [-0.15, -0.1) is 0 Å². The van der Waals surface area contributed by atoms with Crippen LogP contribution in [0.5, 0.6) is 0 Å². The van der Waals surface area contributed by atoms with Gasteiger partial charge in [0.2, 0.25) is 5.91 Å². The molecule has 304 valence electrons. The molecule has 1 atom stereocenters. The summed E-state index contributed by atoms with van der Waals surface area (Å²) >= 11 is 2.11. The number of piperidine rings is 4. The van der Waals surface area contributed by atoms with E-state index in [0.717, 1.165) is 63.9 Å². The summed E-state index contributed by atoms with van der Waals surface area (Å²) in [6, 6.07) is 1.82. The largest absolute Gasteiger partial charge is 0.370 e. The second kappa shape index (κ2) is 26.8. The Balaban J connectivity index is 0.000000250. The molecule has 5 aliphatic rings. The molecular weight excluding hydrogens is 677 g/mol. The minimum Gasteiger partial charge on any atom is -0.370 e. The SMILES string of the molecule is CN1CCC(N2CCSCC2)CC1.CN1CCC(N=C(N)N)CC1.CN1CCC(NC(=O)[C@@H](N)CCCN=C(N)N)CC1.CNC1CCN(C)CC1. The third-order valence-electron chi connectivity index (χ3n) is 10.8. The van der Waals surface area contributed by atoms with Gasteiger partial charge in [0.05, 0.1) is 12.1 Å². The van der Waals surface area contributed by atoms with Crippen LogP contribution in [0.15, 0.2) is 9.98 Å². The lowest BCUT2D eigenvalue weighted by Crippen LogP contribution is -2.49. The van der Waals surface area contributed by atoms with Crippen molar-refractivity contribution in [3.63, 3.8) is 0 Å². The number of rotatable bonds is 9. The van der Waals surface area contributed by atoms with E-state index < -0.39 is 6.04 Å². The smallest absolute Gasteiger partial charge is 0.237 e. The molecule has 5 fully saturated rings. The molecule has 0 radical (unpaired) electrons. The third kappa shape index (κ3) is 21.1. The Labute approximate surface area is 320 Å². The minimum absolute atomic E-state index is 0.0701. The number of guanidine groups is 2. The summed E-state index contributed by atoms with van der Waals surface area (Å²) in [5.41, 5.74) is 26.8. The first kappa shape index (κ1) is 46.2. The van der Waals surface area contributed by atoms with E-state index in [1.807, 2.05) is 0 Å². The van der Waals surface area contributed by atoms with Crippen LogP contribution in [0.2, 0.25) is 0 Å². The number of nitrogens with one attached hydrogen (secondary N) is 2. The fourth-order valence-corrected chi connectivity index (χ4v) is 7.98. The van der Waals surface area contributed by atoms with E-state index >= 15 is 0 Å². The first-order chi connectivity index (χ1) is 24.9. The number of aliphatic imine (C=N–C) groups is 2. The summed E-state index contributed by atoms with van der Waals surface area (Å²) in [6.45, 7) is 12.5. The molecule has 0 bridgehead atoms. The molecule has 0 unspecified atom stereocenters. The van der Waals surface area contributed by atoms with Gasteiger partial charge in [-0.3, -0.25) is 19.7 Å². The second-order valence-corrected chi connectivity index (χ2v) is 16.5. The summed E-state index contributed by atoms with van der Waals surface area (Å²) in [5, 5.41) is 6.31. The maximum atomic E-state index is 11.9. The van der Waals surface area contributed by atoms with Crippen LogP contribution in [-0.4, -0.2) is 191 Å². The molecule has 16 heteroatoms. The predicted octanol–water partition coefficient (Wildman–Crippen LogP) is -0.639. The van der Waals surface area contributed by atoms with Crippen LogP contribution in [0.25, 0.3) is 0 Å². The molecule has 0 aromatic heterocycles. The quantitative estimate of drug-likeness (QED) is 0.0889. The van der Waals surface area contributed by atoms with Gasteiger partial charge in [0.15, 0.2) is 11.9 Å². The number of hydrogen-bond donors (Lipinski definition) is 7. The fourth-order valence-electron chi connectivity index (χ4n) is 7.05. The van der Waals surface area contributed by atoms with Crippen LogP contribution in [-0.2, 0) is 4.79 Å². The standard InChI is InChI=1S/C12H26N6O.C10H20N2S.C7H16N4.C7H16N2/c1-18-7-4-9(5-8-18)17-11(19)10(13)3-2-6-16-12(14)15;1-11-4-2-10(3-5-11)12-6-8-13-9-7-12;1-11-4-2-6(3-5-11)10-7(8)9;1-8-7-3-5-9(2)6-4-7/h9-10H,2-8,13H2,1H3,(H,17,19)(H4,14,15,16);10H,2-9H2,1H3;6H,2-5H2,1H3,(H4,8,9,10);7-8H,3-6H2,1-2H3/t10-;;;/m0.../s1. The minimum atomic E-state index is -0.478. The normalized spacial score (nSPS) is 23.0. The number of carbonyl (C=O) groups excluding carboxylic acids is 1. The molecule has 0 spiro atoms. The molecular formula is C36H78N14OS. The third-order valence-corrected chi connectivity index (χ3v) is 11.7. The predicted molar refractivity (Wildman–Crippen MR) is 222 cm³/mol. The number of likely N-dealkylation sites (tertiary alicyclic amines) is 4. The van der Waals surface area contributed by atoms with Crippen LogP contribution < -0.4 is 39.3 Å². The topological polar surface area (TPSA) is 212 Å². The average Bonchev–Trinajstić information content (AvgIpc) is 3.13. The van der Waals surface area contributed by atoms with Crippen LogP contribution in [0, 0.1) is 0 Å². The average molecular weight is 755 g/mol. The number of carbonyl (C=O) groups is 1. The van der Waals surface area contributed by atoms with Crippen LogP contribution >= 0.6 is 11.8 Å². The van der Waals surface area contributed by atoms with E-state index in [2.05, 4.69) is 92.1 Å². The lowest BCUT2D eigenvalue weighted by atomic mass is 10.0. The molecule has 5 heterocycles. The van der Waals surface area contributed by atoms with Crippen molar-refractivity contribution in [1.29, 1.82) is 0 Å². The van der Waals surface area contributed by atoms with Gasteiger partial charge in [-0.2, -0.15) is 11.8 Å². The Morgan fingerprint density at radius 2 is 1.15 bits per heavy atom. The van der Waals surface area contributed by atoms with E-state index in [1.165, 1.54) is 76.5 Å². The molecule has 1 amide bonds. The first-order valence-corrected chi connectivity index (χ1v) is 20.9. The summed E-state index contributed by atoms with van der Waals surface area (Å²) in [5.74, 6) is 2.93. The van der Waals surface area contributed by atoms with Crippen molar-refractivity contribution in [2.75, 3.05) is 119 Å². The van der Waals surface area contributed by atoms with Crippen molar-refractivity contribution in [3.8, 4) is 0 Å². The Hall–Kier alpha value is -1.92. The van der Waals surface area contributed by atoms with Gasteiger partial charge in [-0.25, -0.2) is 0 Å². The number of hydrogen-bond acceptors (Lipinski definition) is 11. The van der Waals surface area contributed by atoms with E-state index in [9.17, 15) is 4.79 Å². The molecule has 15 nitrogen and oxygen atoms in total. The Bertz CT molecular complexity index is 976. The van der Waals surface area contributed by atoms with Gasteiger partial charge >= 0.3 is 0 Å². The Kier molecular flexibility index (Phi) is 23.8. The van der Waals surface area contributed by atoms with E-state index in [0.29, 0.717) is 25.4 Å². The van der Waals surface area contributed by atoms with Gasteiger partial charge in [0.1, 0.15) is 0 Å². The number of amides is 1. The molecule has 5 saturated heterocycles. The summed E-state index contributed by atoms with van der Waals surface area (Å²) < 4.78 is 0. The van der Waals surface area contributed by atoms with Gasteiger partial charge in [0, 0.05) is 49.3 Å². The van der Waals surface area contributed by atoms with Crippen molar-refractivity contribution in [1.82, 2.24) is 35.1 Å². The molecule has 0 aromatic carbocycles. The molecule has 12 N–H and O–H groups in total. The zero-order valence-electron chi connectivity index (χ0n) is 33.5. The molecule has 0 saturated carbocycles. The highest BCUT2D eigenvalue weighted by atomic mass is 32.2. The summed E-state index contributed by atoms with van der Waals surface area (Å²) in [6.07, 6.45) is 10.8. The highest BCUT2D eigenvalue weighted by Crippen LogP contribution is 2.19. The highest BCUT2D eigenvalue weighted by Gasteiger charge is 2.24. The van der Waals surface area contributed by atoms with Crippen molar-refractivity contribution in [2.45, 2.75) is 94.4 Å². The maximum Gasteiger partial charge on any atom is 0.237 e. The van der Waals surface area contributed by atoms with Crippen molar-refractivity contribution >= 4 is 29.6 Å². The van der Waals surface area contributed by atoms with Crippen molar-refractivity contribution < 1.29 is 4.79 Å². The monoisotopic (exact) mass is 755 g/mol. The Morgan fingerprint density at radius 3 is 1.62 bits per heavy atom. The van der Waals surface area contributed by atoms with Crippen molar-refractivity contribution in [3.05, 3.63) is 0 Å². The van der Waals surface area contributed by atoms with Crippen LogP contribution in [0.3, 0.4) is 0 Å². The van der Waals surface area contributed by atoms with Gasteiger partial charge in [-0.05, 0) is 152 Å². The molecule has 0 aromatic rings. The highest BCUT2D eigenvalue weighted by molar-refractivity contribution is 7.99. The zero-order valence-corrected chi connectivity index (χ0v) is 34.3. The number of thioether (sulfide) groups is 1. The van der Waals surface area contributed by atoms with E-state index in [-0.39, 0.29) is 23.9 Å². The summed E-state index contributed by atoms with van der Waals surface area (Å²) in [7, 11) is 10.7. The van der Waals surface area contributed by atoms with Crippen molar-refractivity contribution in [2.24, 2.45) is 38.7 Å². The van der Waals surface area contributed by atoms with E-state index in [4.69, 9.17) is 28.7 Å². The lowest BCUT2D eigenvalue weighted by molar-refractivity contribution is -0.123. The van der Waals surface area contributed by atoms with Gasteiger partial charge in [0.25, 0.3) is 0 Å². The van der Waals surface area contributed by atoms with Gasteiger partial charge < -0.3 is 58.9 Å². The van der Waals surface area contributed by atoms with E-state index in [1.54, 1.807) is 0 Å². The molecule has 0 aliphatic carbocycles. The fraction of sp³-hybridized carbons (Fsp3) is 0.917. The number of nitrogens with two attached hydrogens (primary N) is 5. The van der Waals surface area contributed by atoms with Crippen LogP contribution in [0.4, 0.5) is 0 Å². The van der Waals surface area contributed by atoms with Crippen LogP contribution in [0.1, 0.15) is 64.2 Å². The number of nitrogens with zero attached hydrogens (tertiary/aromatic N) is 7. The van der Waals surface area contributed by atoms with Gasteiger partial charge in [-0.1, -0.05) is 0 Å².